The molecule has 2 aromatic rings. The van der Waals surface area contributed by atoms with Gasteiger partial charge in [0.05, 0.1) is 0 Å². The van der Waals surface area contributed by atoms with Crippen LogP contribution in [0.15, 0.2) is 54.6 Å². The number of hydrogen-bond acceptors (Lipinski definition) is 1. The Morgan fingerprint density at radius 1 is 0.909 bits per heavy atom. The molecule has 0 radical (unpaired) electrons. The molecule has 0 saturated heterocycles. The van der Waals surface area contributed by atoms with Crippen LogP contribution >= 0.6 is 0 Å². The fraction of sp³-hybridized carbons (Fsp3) is 0.350. The van der Waals surface area contributed by atoms with E-state index >= 15 is 0 Å². The average Bonchev–Trinajstić information content (AvgIpc) is 2.61. The maximum Gasteiger partial charge on any atom is 0.251 e. The first-order valence-corrected chi connectivity index (χ1v) is 8.26. The number of hydrogen-bond donors (Lipinski definition) is 1. The van der Waals surface area contributed by atoms with Crippen LogP contribution in [0.1, 0.15) is 42.5 Å². The summed E-state index contributed by atoms with van der Waals surface area (Å²) < 4.78 is 0. The van der Waals surface area contributed by atoms with Gasteiger partial charge in [-0.3, -0.25) is 4.79 Å². The molecule has 0 bridgehead atoms. The van der Waals surface area contributed by atoms with Crippen molar-refractivity contribution in [1.29, 1.82) is 0 Å². The molecule has 1 fully saturated rings. The van der Waals surface area contributed by atoms with Crippen LogP contribution in [0, 0.1) is 5.92 Å². The summed E-state index contributed by atoms with van der Waals surface area (Å²) in [5, 5.41) is 3.11. The molecule has 1 aliphatic carbocycles. The molecular weight excluding hydrogens is 270 g/mol. The van der Waals surface area contributed by atoms with Crippen molar-refractivity contribution in [2.24, 2.45) is 5.92 Å². The van der Waals surface area contributed by atoms with Gasteiger partial charge >= 0.3 is 0 Å². The molecule has 0 unspecified atom stereocenters. The molecule has 22 heavy (non-hydrogen) atoms. The van der Waals surface area contributed by atoms with Gasteiger partial charge in [-0.15, -0.1) is 0 Å². The first kappa shape index (κ1) is 14.8. The first-order valence-electron chi connectivity index (χ1n) is 8.26. The van der Waals surface area contributed by atoms with Crippen molar-refractivity contribution in [1.82, 2.24) is 5.32 Å². The maximum absolute atomic E-state index is 12.4. The van der Waals surface area contributed by atoms with E-state index in [0.717, 1.165) is 23.2 Å². The first-order chi connectivity index (χ1) is 10.8. The second-order valence-corrected chi connectivity index (χ2v) is 6.16. The van der Waals surface area contributed by atoms with Crippen molar-refractivity contribution in [2.75, 3.05) is 6.54 Å². The molecule has 1 saturated carbocycles. The molecule has 0 aromatic heterocycles. The second kappa shape index (κ2) is 7.26. The van der Waals surface area contributed by atoms with Crippen molar-refractivity contribution in [3.63, 3.8) is 0 Å². The van der Waals surface area contributed by atoms with Gasteiger partial charge in [0.15, 0.2) is 0 Å². The molecule has 2 heteroatoms. The van der Waals surface area contributed by atoms with Gasteiger partial charge in [-0.25, -0.2) is 0 Å². The minimum Gasteiger partial charge on any atom is -0.352 e. The zero-order valence-corrected chi connectivity index (χ0v) is 12.9. The van der Waals surface area contributed by atoms with E-state index in [2.05, 4.69) is 17.4 Å². The summed E-state index contributed by atoms with van der Waals surface area (Å²) in [7, 11) is 0. The molecule has 3 rings (SSSR count). The summed E-state index contributed by atoms with van der Waals surface area (Å²) >= 11 is 0. The molecule has 1 amide bonds. The standard InChI is InChI=1S/C20H23NO/c22-20(21-15-16-8-3-1-4-9-16)19-13-7-12-18(14-19)17-10-5-2-6-11-17/h2,5-7,10-14,16H,1,3-4,8-9,15H2,(H,21,22). The highest BCUT2D eigenvalue weighted by atomic mass is 16.1. The van der Waals surface area contributed by atoms with Crippen LogP contribution in [0.2, 0.25) is 0 Å². The van der Waals surface area contributed by atoms with Gasteiger partial charge in [-0.1, -0.05) is 61.7 Å². The van der Waals surface area contributed by atoms with Gasteiger partial charge < -0.3 is 5.32 Å². The van der Waals surface area contributed by atoms with Crippen LogP contribution < -0.4 is 5.32 Å². The SMILES string of the molecule is O=C(NCC1CCCCC1)c1cccc(-c2ccccc2)c1. The molecule has 0 aliphatic heterocycles. The number of nitrogens with one attached hydrogen (secondary N) is 1. The minimum atomic E-state index is 0.0448. The third-order valence-electron chi connectivity index (χ3n) is 4.51. The van der Waals surface area contributed by atoms with Crippen molar-refractivity contribution in [3.05, 3.63) is 60.2 Å². The molecule has 0 spiro atoms. The van der Waals surface area contributed by atoms with Gasteiger partial charge in [0.25, 0.3) is 5.91 Å². The van der Waals surface area contributed by atoms with E-state index in [9.17, 15) is 4.79 Å². The average molecular weight is 293 g/mol. The number of carbonyl (C=O) groups is 1. The number of rotatable bonds is 4. The molecule has 1 N–H and O–H groups in total. The largest absolute Gasteiger partial charge is 0.352 e. The van der Waals surface area contributed by atoms with E-state index < -0.39 is 0 Å². The topological polar surface area (TPSA) is 29.1 Å². The molecule has 0 heterocycles. The van der Waals surface area contributed by atoms with Crippen molar-refractivity contribution < 1.29 is 4.79 Å². The normalized spacial score (nSPS) is 15.5. The summed E-state index contributed by atoms with van der Waals surface area (Å²) in [4.78, 5) is 12.4. The Hall–Kier alpha value is -2.09. The van der Waals surface area contributed by atoms with Gasteiger partial charge in [0.1, 0.15) is 0 Å². The summed E-state index contributed by atoms with van der Waals surface area (Å²) in [5.41, 5.74) is 2.98. The number of amides is 1. The Balaban J connectivity index is 1.65. The predicted octanol–water partition coefficient (Wildman–Crippen LogP) is 4.66. The van der Waals surface area contributed by atoms with E-state index in [1.54, 1.807) is 0 Å². The van der Waals surface area contributed by atoms with Crippen molar-refractivity contribution in [2.45, 2.75) is 32.1 Å². The van der Waals surface area contributed by atoms with Crippen LogP contribution in [0.5, 0.6) is 0 Å². The maximum atomic E-state index is 12.4. The fourth-order valence-corrected chi connectivity index (χ4v) is 3.20. The third-order valence-corrected chi connectivity index (χ3v) is 4.51. The van der Waals surface area contributed by atoms with Gasteiger partial charge in [-0.2, -0.15) is 0 Å². The molecule has 2 nitrogen and oxygen atoms in total. The summed E-state index contributed by atoms with van der Waals surface area (Å²) in [5.74, 6) is 0.707. The highest BCUT2D eigenvalue weighted by Crippen LogP contribution is 2.23. The van der Waals surface area contributed by atoms with Gasteiger partial charge in [-0.05, 0) is 42.0 Å². The zero-order chi connectivity index (χ0) is 15.2. The van der Waals surface area contributed by atoms with E-state index in [1.165, 1.54) is 32.1 Å². The van der Waals surface area contributed by atoms with Gasteiger partial charge in [0, 0.05) is 12.1 Å². The lowest BCUT2D eigenvalue weighted by Crippen LogP contribution is -2.30. The summed E-state index contributed by atoms with van der Waals surface area (Å²) in [6.45, 7) is 0.814. The van der Waals surface area contributed by atoms with Crippen LogP contribution in [0.4, 0.5) is 0 Å². The Morgan fingerprint density at radius 2 is 1.64 bits per heavy atom. The Bertz CT molecular complexity index is 615. The Morgan fingerprint density at radius 3 is 2.41 bits per heavy atom. The summed E-state index contributed by atoms with van der Waals surface area (Å²) in [6, 6.07) is 18.1. The zero-order valence-electron chi connectivity index (χ0n) is 12.9. The lowest BCUT2D eigenvalue weighted by molar-refractivity contribution is 0.0943. The minimum absolute atomic E-state index is 0.0448. The fourth-order valence-electron chi connectivity index (χ4n) is 3.20. The molecule has 114 valence electrons. The predicted molar refractivity (Wildman–Crippen MR) is 90.8 cm³/mol. The number of carbonyl (C=O) groups excluding carboxylic acids is 1. The van der Waals surface area contributed by atoms with Crippen LogP contribution in [-0.4, -0.2) is 12.5 Å². The summed E-state index contributed by atoms with van der Waals surface area (Å²) in [6.07, 6.45) is 6.48. The molecule has 2 aromatic carbocycles. The third kappa shape index (κ3) is 3.76. The van der Waals surface area contributed by atoms with Crippen LogP contribution in [-0.2, 0) is 0 Å². The lowest BCUT2D eigenvalue weighted by Gasteiger charge is -2.21. The van der Waals surface area contributed by atoms with Gasteiger partial charge in [0.2, 0.25) is 0 Å². The van der Waals surface area contributed by atoms with Crippen molar-refractivity contribution in [3.8, 4) is 11.1 Å². The number of benzene rings is 2. The van der Waals surface area contributed by atoms with E-state index in [1.807, 2.05) is 42.5 Å². The van der Waals surface area contributed by atoms with E-state index in [0.29, 0.717) is 5.92 Å². The monoisotopic (exact) mass is 293 g/mol. The van der Waals surface area contributed by atoms with Crippen LogP contribution in [0.3, 0.4) is 0 Å². The lowest BCUT2D eigenvalue weighted by atomic mass is 9.89. The quantitative estimate of drug-likeness (QED) is 0.872. The Labute approximate surface area is 132 Å². The molecule has 1 aliphatic rings. The highest BCUT2D eigenvalue weighted by molar-refractivity contribution is 5.95. The highest BCUT2D eigenvalue weighted by Gasteiger charge is 2.15. The van der Waals surface area contributed by atoms with E-state index in [4.69, 9.17) is 0 Å². The molecule has 0 atom stereocenters. The Kier molecular flexibility index (Phi) is 4.89. The molecular formula is C20H23NO. The second-order valence-electron chi connectivity index (χ2n) is 6.16. The van der Waals surface area contributed by atoms with Crippen LogP contribution in [0.25, 0.3) is 11.1 Å². The smallest absolute Gasteiger partial charge is 0.251 e. The van der Waals surface area contributed by atoms with Crippen molar-refractivity contribution >= 4 is 5.91 Å². The van der Waals surface area contributed by atoms with E-state index in [-0.39, 0.29) is 5.91 Å².